The predicted octanol–water partition coefficient (Wildman–Crippen LogP) is 3.66. The van der Waals surface area contributed by atoms with Crippen LogP contribution in [0.3, 0.4) is 0 Å². The van der Waals surface area contributed by atoms with Crippen LogP contribution in [0.1, 0.15) is 43.9 Å². The van der Waals surface area contributed by atoms with Gasteiger partial charge in [-0.05, 0) is 25.2 Å². The highest BCUT2D eigenvalue weighted by atomic mass is 16.1. The van der Waals surface area contributed by atoms with Crippen molar-refractivity contribution in [3.05, 3.63) is 41.6 Å². The van der Waals surface area contributed by atoms with E-state index in [9.17, 15) is 4.79 Å². The maximum absolute atomic E-state index is 11.8. The normalized spacial score (nSPS) is 27.4. The van der Waals surface area contributed by atoms with Gasteiger partial charge in [-0.3, -0.25) is 9.48 Å². The SMILES string of the molecule is Cn1nc2c(c1-c1ccccc1)CCC1CC(=O)CCC21C. The third kappa shape index (κ3) is 1.88. The molecule has 0 saturated heterocycles. The number of nitrogens with zero attached hydrogens (tertiary/aromatic N) is 2. The van der Waals surface area contributed by atoms with Gasteiger partial charge in [0.1, 0.15) is 5.78 Å². The second-order valence-electron chi connectivity index (χ2n) is 7.06. The lowest BCUT2D eigenvalue weighted by molar-refractivity contribution is -0.123. The molecule has 2 unspecified atom stereocenters. The summed E-state index contributed by atoms with van der Waals surface area (Å²) in [4.78, 5) is 11.8. The predicted molar refractivity (Wildman–Crippen MR) is 86.7 cm³/mol. The third-order valence-corrected chi connectivity index (χ3v) is 5.77. The van der Waals surface area contributed by atoms with Gasteiger partial charge in [0, 0.05) is 36.4 Å². The lowest BCUT2D eigenvalue weighted by atomic mass is 9.60. The highest BCUT2D eigenvalue weighted by molar-refractivity contribution is 5.80. The Kier molecular flexibility index (Phi) is 3.00. The number of fused-ring (bicyclic) bond motifs is 3. The van der Waals surface area contributed by atoms with Crippen LogP contribution in [0.25, 0.3) is 11.3 Å². The first kappa shape index (κ1) is 13.7. The Balaban J connectivity index is 1.85. The first-order valence-corrected chi connectivity index (χ1v) is 8.23. The summed E-state index contributed by atoms with van der Waals surface area (Å²) < 4.78 is 2.05. The van der Waals surface area contributed by atoms with Crippen LogP contribution in [0.4, 0.5) is 0 Å². The molecule has 4 rings (SSSR count). The maximum Gasteiger partial charge on any atom is 0.133 e. The molecule has 0 N–H and O–H groups in total. The minimum Gasteiger partial charge on any atom is -0.300 e. The molecule has 1 fully saturated rings. The fourth-order valence-corrected chi connectivity index (χ4v) is 4.48. The molecule has 1 heterocycles. The van der Waals surface area contributed by atoms with Gasteiger partial charge in [0.05, 0.1) is 11.4 Å². The smallest absolute Gasteiger partial charge is 0.133 e. The summed E-state index contributed by atoms with van der Waals surface area (Å²) in [6.45, 7) is 2.32. The summed E-state index contributed by atoms with van der Waals surface area (Å²) in [6.07, 6.45) is 4.56. The average Bonchev–Trinajstić information content (AvgIpc) is 2.86. The van der Waals surface area contributed by atoms with E-state index in [-0.39, 0.29) is 5.41 Å². The van der Waals surface area contributed by atoms with E-state index < -0.39 is 0 Å². The summed E-state index contributed by atoms with van der Waals surface area (Å²) in [6, 6.07) is 10.5. The number of ketones is 1. The number of Topliss-reactive ketones (excluding diaryl/α,β-unsaturated/α-hetero) is 1. The number of aromatic nitrogens is 2. The van der Waals surface area contributed by atoms with Crippen molar-refractivity contribution >= 4 is 5.78 Å². The standard InChI is InChI=1S/C19H22N2O/c1-19-11-10-15(22)12-14(19)8-9-16-17(21(2)20-18(16)19)13-6-4-3-5-7-13/h3-7,14H,8-12H2,1-2H3. The van der Waals surface area contributed by atoms with Crippen molar-refractivity contribution in [1.82, 2.24) is 9.78 Å². The second kappa shape index (κ2) is 4.80. The van der Waals surface area contributed by atoms with Gasteiger partial charge in [0.15, 0.2) is 0 Å². The Labute approximate surface area is 131 Å². The highest BCUT2D eigenvalue weighted by Gasteiger charge is 2.46. The van der Waals surface area contributed by atoms with Gasteiger partial charge in [0.25, 0.3) is 0 Å². The van der Waals surface area contributed by atoms with Crippen LogP contribution >= 0.6 is 0 Å². The highest BCUT2D eigenvalue weighted by Crippen LogP contribution is 2.50. The minimum absolute atomic E-state index is 0.0757. The van der Waals surface area contributed by atoms with E-state index in [0.29, 0.717) is 18.1 Å². The van der Waals surface area contributed by atoms with E-state index in [2.05, 4.69) is 37.3 Å². The maximum atomic E-state index is 11.8. The molecule has 1 saturated carbocycles. The molecule has 2 atom stereocenters. The third-order valence-electron chi connectivity index (χ3n) is 5.77. The molecule has 114 valence electrons. The monoisotopic (exact) mass is 294 g/mol. The molecule has 0 aliphatic heterocycles. The van der Waals surface area contributed by atoms with Crippen molar-refractivity contribution in [1.29, 1.82) is 0 Å². The Bertz CT molecular complexity index is 731. The topological polar surface area (TPSA) is 34.9 Å². The van der Waals surface area contributed by atoms with Crippen molar-refractivity contribution in [2.75, 3.05) is 0 Å². The van der Waals surface area contributed by atoms with Crippen LogP contribution in [0.2, 0.25) is 0 Å². The van der Waals surface area contributed by atoms with Crippen molar-refractivity contribution < 1.29 is 4.79 Å². The summed E-state index contributed by atoms with van der Waals surface area (Å²) in [5.74, 6) is 0.907. The molecule has 0 radical (unpaired) electrons. The van der Waals surface area contributed by atoms with Crippen LogP contribution in [-0.4, -0.2) is 15.6 Å². The molecule has 0 spiro atoms. The van der Waals surface area contributed by atoms with E-state index in [1.165, 1.54) is 22.5 Å². The molecular formula is C19H22N2O. The van der Waals surface area contributed by atoms with Crippen LogP contribution < -0.4 is 0 Å². The van der Waals surface area contributed by atoms with E-state index in [1.807, 2.05) is 11.7 Å². The van der Waals surface area contributed by atoms with Gasteiger partial charge in [-0.25, -0.2) is 0 Å². The van der Waals surface area contributed by atoms with E-state index >= 15 is 0 Å². The largest absolute Gasteiger partial charge is 0.300 e. The van der Waals surface area contributed by atoms with Gasteiger partial charge in [-0.15, -0.1) is 0 Å². The zero-order valence-electron chi connectivity index (χ0n) is 13.3. The van der Waals surface area contributed by atoms with E-state index in [0.717, 1.165) is 25.7 Å². The quantitative estimate of drug-likeness (QED) is 0.804. The van der Waals surface area contributed by atoms with Gasteiger partial charge in [0.2, 0.25) is 0 Å². The molecule has 2 aliphatic carbocycles. The van der Waals surface area contributed by atoms with Crippen LogP contribution in [-0.2, 0) is 23.7 Å². The van der Waals surface area contributed by atoms with Crippen molar-refractivity contribution in [2.45, 2.75) is 44.4 Å². The summed E-state index contributed by atoms with van der Waals surface area (Å²) in [5, 5.41) is 4.91. The first-order chi connectivity index (χ1) is 10.6. The molecule has 3 heteroatoms. The Hall–Kier alpha value is -1.90. The number of aryl methyl sites for hydroxylation is 1. The zero-order chi connectivity index (χ0) is 15.3. The fourth-order valence-electron chi connectivity index (χ4n) is 4.48. The van der Waals surface area contributed by atoms with Crippen LogP contribution in [0, 0.1) is 5.92 Å². The lowest BCUT2D eigenvalue weighted by Gasteiger charge is -2.43. The number of carbonyl (C=O) groups excluding carboxylic acids is 1. The van der Waals surface area contributed by atoms with Crippen LogP contribution in [0.15, 0.2) is 30.3 Å². The fraction of sp³-hybridized carbons (Fsp3) is 0.474. The molecule has 3 nitrogen and oxygen atoms in total. The van der Waals surface area contributed by atoms with Crippen molar-refractivity contribution in [3.63, 3.8) is 0 Å². The molecule has 0 amide bonds. The molecule has 1 aromatic heterocycles. The summed E-state index contributed by atoms with van der Waals surface area (Å²) in [5.41, 5.74) is 5.23. The molecule has 2 aliphatic rings. The number of carbonyl (C=O) groups is 1. The Morgan fingerprint density at radius 3 is 2.77 bits per heavy atom. The second-order valence-corrected chi connectivity index (χ2v) is 7.06. The van der Waals surface area contributed by atoms with Gasteiger partial charge >= 0.3 is 0 Å². The zero-order valence-corrected chi connectivity index (χ0v) is 13.3. The molecule has 22 heavy (non-hydrogen) atoms. The minimum atomic E-state index is 0.0757. The summed E-state index contributed by atoms with van der Waals surface area (Å²) >= 11 is 0. The molecule has 0 bridgehead atoms. The lowest BCUT2D eigenvalue weighted by Crippen LogP contribution is -2.42. The Morgan fingerprint density at radius 1 is 1.23 bits per heavy atom. The van der Waals surface area contributed by atoms with E-state index in [4.69, 9.17) is 5.10 Å². The Morgan fingerprint density at radius 2 is 2.00 bits per heavy atom. The number of hydrogen-bond acceptors (Lipinski definition) is 2. The van der Waals surface area contributed by atoms with E-state index in [1.54, 1.807) is 0 Å². The molecule has 2 aromatic rings. The van der Waals surface area contributed by atoms with Crippen LogP contribution in [0.5, 0.6) is 0 Å². The first-order valence-electron chi connectivity index (χ1n) is 8.23. The summed E-state index contributed by atoms with van der Waals surface area (Å²) in [7, 11) is 2.05. The van der Waals surface area contributed by atoms with Crippen molar-refractivity contribution in [3.8, 4) is 11.3 Å². The molecular weight excluding hydrogens is 272 g/mol. The van der Waals surface area contributed by atoms with Crippen molar-refractivity contribution in [2.24, 2.45) is 13.0 Å². The van der Waals surface area contributed by atoms with Gasteiger partial charge in [-0.2, -0.15) is 5.10 Å². The number of hydrogen-bond donors (Lipinski definition) is 0. The number of benzene rings is 1. The van der Waals surface area contributed by atoms with Gasteiger partial charge < -0.3 is 0 Å². The van der Waals surface area contributed by atoms with Gasteiger partial charge in [-0.1, -0.05) is 37.3 Å². The average molecular weight is 294 g/mol. The molecule has 1 aromatic carbocycles. The number of rotatable bonds is 1.